The lowest BCUT2D eigenvalue weighted by atomic mass is 10.0. The van der Waals surface area contributed by atoms with Crippen molar-refractivity contribution in [3.05, 3.63) is 65.5 Å². The molecule has 128 valence electrons. The van der Waals surface area contributed by atoms with Crippen LogP contribution in [0.3, 0.4) is 0 Å². The second kappa shape index (κ2) is 9.03. The highest BCUT2D eigenvalue weighted by Crippen LogP contribution is 2.17. The SMILES string of the molecule is CCN(CCO)C(=O)NC(Cc1ccc(C)cc1)c1ccccn1. The monoisotopic (exact) mass is 327 g/mol. The zero-order valence-corrected chi connectivity index (χ0v) is 14.3. The van der Waals surface area contributed by atoms with Gasteiger partial charge in [0.1, 0.15) is 0 Å². The number of aryl methyl sites for hydroxylation is 1. The highest BCUT2D eigenvalue weighted by Gasteiger charge is 2.19. The summed E-state index contributed by atoms with van der Waals surface area (Å²) in [6, 6.07) is 13.6. The molecule has 2 rings (SSSR count). The molecule has 0 aliphatic heterocycles. The van der Waals surface area contributed by atoms with Crippen LogP contribution in [-0.4, -0.2) is 40.7 Å². The maximum Gasteiger partial charge on any atom is 0.318 e. The summed E-state index contributed by atoms with van der Waals surface area (Å²) < 4.78 is 0. The summed E-state index contributed by atoms with van der Waals surface area (Å²) in [5.41, 5.74) is 3.17. The molecule has 1 aromatic heterocycles. The molecule has 5 nitrogen and oxygen atoms in total. The molecule has 1 aromatic carbocycles. The summed E-state index contributed by atoms with van der Waals surface area (Å²) in [6.07, 6.45) is 2.40. The quantitative estimate of drug-likeness (QED) is 0.822. The maximum absolute atomic E-state index is 12.5. The van der Waals surface area contributed by atoms with Crippen LogP contribution in [0.5, 0.6) is 0 Å². The number of aliphatic hydroxyl groups excluding tert-OH is 1. The Bertz CT molecular complexity index is 629. The van der Waals surface area contributed by atoms with Crippen LogP contribution in [0.25, 0.3) is 0 Å². The van der Waals surface area contributed by atoms with Gasteiger partial charge in [-0.1, -0.05) is 35.9 Å². The van der Waals surface area contributed by atoms with Gasteiger partial charge in [0.05, 0.1) is 18.3 Å². The van der Waals surface area contributed by atoms with E-state index >= 15 is 0 Å². The highest BCUT2D eigenvalue weighted by atomic mass is 16.3. The Kier molecular flexibility index (Phi) is 6.75. The third kappa shape index (κ3) is 5.06. The van der Waals surface area contributed by atoms with E-state index < -0.39 is 0 Å². The summed E-state index contributed by atoms with van der Waals surface area (Å²) in [7, 11) is 0. The van der Waals surface area contributed by atoms with Crippen LogP contribution in [0.4, 0.5) is 4.79 Å². The fourth-order valence-corrected chi connectivity index (χ4v) is 2.54. The molecule has 2 aromatic rings. The van der Waals surface area contributed by atoms with Crippen molar-refractivity contribution in [1.82, 2.24) is 15.2 Å². The number of amides is 2. The number of nitrogens with one attached hydrogen (secondary N) is 1. The van der Waals surface area contributed by atoms with Gasteiger partial charge in [0.25, 0.3) is 0 Å². The molecular formula is C19H25N3O2. The van der Waals surface area contributed by atoms with Crippen LogP contribution in [0, 0.1) is 6.92 Å². The molecule has 0 radical (unpaired) electrons. The Morgan fingerprint density at radius 1 is 1.25 bits per heavy atom. The Morgan fingerprint density at radius 3 is 2.58 bits per heavy atom. The summed E-state index contributed by atoms with van der Waals surface area (Å²) in [5.74, 6) is 0. The number of rotatable bonds is 7. The van der Waals surface area contributed by atoms with Crippen molar-refractivity contribution in [3.63, 3.8) is 0 Å². The molecule has 0 bridgehead atoms. The van der Waals surface area contributed by atoms with E-state index in [0.29, 0.717) is 19.5 Å². The minimum atomic E-state index is -0.214. The van der Waals surface area contributed by atoms with Crippen molar-refractivity contribution in [3.8, 4) is 0 Å². The number of hydrogen-bond donors (Lipinski definition) is 2. The van der Waals surface area contributed by atoms with E-state index in [1.54, 1.807) is 11.1 Å². The number of urea groups is 1. The minimum Gasteiger partial charge on any atom is -0.395 e. The first-order valence-electron chi connectivity index (χ1n) is 8.26. The van der Waals surface area contributed by atoms with Gasteiger partial charge in [0.15, 0.2) is 0 Å². The largest absolute Gasteiger partial charge is 0.395 e. The second-order valence-electron chi connectivity index (χ2n) is 5.75. The van der Waals surface area contributed by atoms with Gasteiger partial charge in [-0.3, -0.25) is 4.98 Å². The van der Waals surface area contributed by atoms with E-state index in [1.807, 2.05) is 25.1 Å². The van der Waals surface area contributed by atoms with Gasteiger partial charge in [-0.25, -0.2) is 4.79 Å². The Hall–Kier alpha value is -2.40. The van der Waals surface area contributed by atoms with E-state index in [9.17, 15) is 4.79 Å². The zero-order valence-electron chi connectivity index (χ0n) is 14.3. The highest BCUT2D eigenvalue weighted by molar-refractivity contribution is 5.74. The van der Waals surface area contributed by atoms with Gasteiger partial charge >= 0.3 is 6.03 Å². The predicted molar refractivity (Wildman–Crippen MR) is 94.7 cm³/mol. The molecule has 0 aliphatic carbocycles. The Balaban J connectivity index is 2.17. The average molecular weight is 327 g/mol. The molecule has 24 heavy (non-hydrogen) atoms. The predicted octanol–water partition coefficient (Wildman–Crippen LogP) is 2.70. The molecule has 0 saturated heterocycles. The van der Waals surface area contributed by atoms with Gasteiger partial charge in [0, 0.05) is 19.3 Å². The van der Waals surface area contributed by atoms with Crippen molar-refractivity contribution < 1.29 is 9.90 Å². The van der Waals surface area contributed by atoms with E-state index in [2.05, 4.69) is 41.5 Å². The van der Waals surface area contributed by atoms with Crippen molar-refractivity contribution in [2.75, 3.05) is 19.7 Å². The smallest absolute Gasteiger partial charge is 0.318 e. The van der Waals surface area contributed by atoms with Gasteiger partial charge in [-0.05, 0) is 38.0 Å². The molecule has 2 amide bonds. The Morgan fingerprint density at radius 2 is 2.00 bits per heavy atom. The van der Waals surface area contributed by atoms with E-state index in [0.717, 1.165) is 11.3 Å². The number of aliphatic hydroxyl groups is 1. The van der Waals surface area contributed by atoms with Crippen LogP contribution in [-0.2, 0) is 6.42 Å². The summed E-state index contributed by atoms with van der Waals surface area (Å²) in [5, 5.41) is 12.1. The summed E-state index contributed by atoms with van der Waals surface area (Å²) in [6.45, 7) is 4.77. The molecule has 0 spiro atoms. The van der Waals surface area contributed by atoms with Gasteiger partial charge in [-0.2, -0.15) is 0 Å². The first kappa shape index (κ1) is 17.9. The van der Waals surface area contributed by atoms with Crippen LogP contribution < -0.4 is 5.32 Å². The number of pyridine rings is 1. The van der Waals surface area contributed by atoms with E-state index in [4.69, 9.17) is 5.11 Å². The number of likely N-dealkylation sites (N-methyl/N-ethyl adjacent to an activating group) is 1. The first-order chi connectivity index (χ1) is 11.6. The van der Waals surface area contributed by atoms with Crippen LogP contribution >= 0.6 is 0 Å². The standard InChI is InChI=1S/C19H25N3O2/c1-3-22(12-13-23)19(24)21-18(17-6-4-5-11-20-17)14-16-9-7-15(2)8-10-16/h4-11,18,23H,3,12-14H2,1-2H3,(H,21,24). The fourth-order valence-electron chi connectivity index (χ4n) is 2.54. The molecular weight excluding hydrogens is 302 g/mol. The number of hydrogen-bond acceptors (Lipinski definition) is 3. The third-order valence-corrected chi connectivity index (χ3v) is 3.94. The topological polar surface area (TPSA) is 65.5 Å². The van der Waals surface area contributed by atoms with E-state index in [1.165, 1.54) is 5.56 Å². The lowest BCUT2D eigenvalue weighted by molar-refractivity contribution is 0.177. The minimum absolute atomic E-state index is 0.0481. The lowest BCUT2D eigenvalue weighted by Gasteiger charge is -2.25. The van der Waals surface area contributed by atoms with E-state index in [-0.39, 0.29) is 18.7 Å². The average Bonchev–Trinajstić information content (AvgIpc) is 2.61. The molecule has 0 saturated carbocycles. The van der Waals surface area contributed by atoms with Gasteiger partial charge < -0.3 is 15.3 Å². The molecule has 0 aliphatic rings. The number of nitrogens with zero attached hydrogens (tertiary/aromatic N) is 2. The number of carbonyl (C=O) groups excluding carboxylic acids is 1. The third-order valence-electron chi connectivity index (χ3n) is 3.94. The van der Waals surface area contributed by atoms with Gasteiger partial charge in [0.2, 0.25) is 0 Å². The molecule has 5 heteroatoms. The summed E-state index contributed by atoms with van der Waals surface area (Å²) >= 11 is 0. The second-order valence-corrected chi connectivity index (χ2v) is 5.75. The summed E-state index contributed by atoms with van der Waals surface area (Å²) in [4.78, 5) is 18.5. The lowest BCUT2D eigenvalue weighted by Crippen LogP contribution is -2.43. The van der Waals surface area contributed by atoms with Crippen molar-refractivity contribution in [2.45, 2.75) is 26.3 Å². The normalized spacial score (nSPS) is 11.8. The zero-order chi connectivity index (χ0) is 17.4. The first-order valence-corrected chi connectivity index (χ1v) is 8.26. The molecule has 1 unspecified atom stereocenters. The molecule has 0 fully saturated rings. The number of carbonyl (C=O) groups is 1. The van der Waals surface area contributed by atoms with Crippen LogP contribution in [0.15, 0.2) is 48.7 Å². The van der Waals surface area contributed by atoms with Crippen molar-refractivity contribution in [2.24, 2.45) is 0 Å². The maximum atomic E-state index is 12.5. The molecule has 1 heterocycles. The van der Waals surface area contributed by atoms with Gasteiger partial charge in [-0.15, -0.1) is 0 Å². The number of benzene rings is 1. The van der Waals surface area contributed by atoms with Crippen molar-refractivity contribution in [1.29, 1.82) is 0 Å². The molecule has 2 N–H and O–H groups in total. The van der Waals surface area contributed by atoms with Crippen LogP contribution in [0.2, 0.25) is 0 Å². The number of aromatic nitrogens is 1. The Labute approximate surface area is 143 Å². The fraction of sp³-hybridized carbons (Fsp3) is 0.368. The molecule has 1 atom stereocenters. The van der Waals surface area contributed by atoms with Crippen LogP contribution in [0.1, 0.15) is 29.8 Å². The van der Waals surface area contributed by atoms with Crippen molar-refractivity contribution >= 4 is 6.03 Å².